The minimum absolute atomic E-state index is 0.206. The van der Waals surface area contributed by atoms with Gasteiger partial charge >= 0.3 is 0 Å². The van der Waals surface area contributed by atoms with Crippen LogP contribution in [0.5, 0.6) is 0 Å². The molecule has 0 saturated carbocycles. The van der Waals surface area contributed by atoms with Crippen molar-refractivity contribution in [2.75, 3.05) is 19.3 Å². The molecule has 1 fully saturated rings. The maximum absolute atomic E-state index is 11.5. The number of sulfonamides is 1. The van der Waals surface area contributed by atoms with Crippen LogP contribution in [0.25, 0.3) is 5.65 Å². The first-order chi connectivity index (χ1) is 9.45. The van der Waals surface area contributed by atoms with Gasteiger partial charge in [-0.3, -0.25) is 0 Å². The first-order valence-electron chi connectivity index (χ1n) is 6.59. The molecular formula is C12H17N5O2S. The van der Waals surface area contributed by atoms with Crippen LogP contribution in [0.3, 0.4) is 0 Å². The molecule has 0 radical (unpaired) electrons. The summed E-state index contributed by atoms with van der Waals surface area (Å²) in [5, 5.41) is 12.8. The van der Waals surface area contributed by atoms with Gasteiger partial charge in [-0.05, 0) is 31.9 Å². The predicted octanol–water partition coefficient (Wildman–Crippen LogP) is 0.572. The number of hydrogen-bond donors (Lipinski definition) is 0. The molecule has 3 rings (SSSR count). The number of piperidine rings is 1. The van der Waals surface area contributed by atoms with Crippen molar-refractivity contribution in [3.05, 3.63) is 23.7 Å². The van der Waals surface area contributed by atoms with Crippen LogP contribution in [0.1, 0.15) is 30.3 Å². The molecule has 2 aromatic heterocycles. The number of aromatic nitrogens is 4. The monoisotopic (exact) mass is 295 g/mol. The predicted molar refractivity (Wildman–Crippen MR) is 73.9 cm³/mol. The molecule has 20 heavy (non-hydrogen) atoms. The van der Waals surface area contributed by atoms with Gasteiger partial charge in [0.15, 0.2) is 11.5 Å². The quantitative estimate of drug-likeness (QED) is 0.809. The summed E-state index contributed by atoms with van der Waals surface area (Å²) in [6, 6.07) is 3.80. The van der Waals surface area contributed by atoms with Gasteiger partial charge in [0.05, 0.1) is 11.9 Å². The lowest BCUT2D eigenvalue weighted by molar-refractivity contribution is 0.313. The summed E-state index contributed by atoms with van der Waals surface area (Å²) in [5.74, 6) is 1.04. The third-order valence-electron chi connectivity index (χ3n) is 3.71. The maximum atomic E-state index is 11.5. The van der Waals surface area contributed by atoms with Crippen molar-refractivity contribution in [2.24, 2.45) is 0 Å². The Bertz CT molecular complexity index is 731. The first-order valence-corrected chi connectivity index (χ1v) is 8.44. The van der Waals surface area contributed by atoms with Gasteiger partial charge < -0.3 is 0 Å². The topological polar surface area (TPSA) is 80.5 Å². The van der Waals surface area contributed by atoms with Gasteiger partial charge in [-0.2, -0.15) is 9.61 Å². The van der Waals surface area contributed by atoms with E-state index in [4.69, 9.17) is 0 Å². The molecule has 1 saturated heterocycles. The van der Waals surface area contributed by atoms with E-state index in [-0.39, 0.29) is 5.92 Å². The van der Waals surface area contributed by atoms with E-state index in [0.717, 1.165) is 30.0 Å². The number of aryl methyl sites for hydroxylation is 1. The molecule has 0 bridgehead atoms. The van der Waals surface area contributed by atoms with Crippen LogP contribution in [0.4, 0.5) is 0 Å². The van der Waals surface area contributed by atoms with Gasteiger partial charge in [-0.25, -0.2) is 12.7 Å². The van der Waals surface area contributed by atoms with Crippen LogP contribution in [0.2, 0.25) is 0 Å². The Morgan fingerprint density at radius 1 is 1.20 bits per heavy atom. The van der Waals surface area contributed by atoms with E-state index < -0.39 is 10.0 Å². The van der Waals surface area contributed by atoms with Gasteiger partial charge in [-0.15, -0.1) is 10.2 Å². The van der Waals surface area contributed by atoms with Crippen molar-refractivity contribution in [2.45, 2.75) is 25.7 Å². The minimum atomic E-state index is -3.09. The van der Waals surface area contributed by atoms with E-state index in [1.165, 1.54) is 10.6 Å². The number of rotatable bonds is 2. The summed E-state index contributed by atoms with van der Waals surface area (Å²) in [6.07, 6.45) is 2.76. The molecule has 2 aromatic rings. The second-order valence-corrected chi connectivity index (χ2v) is 7.22. The molecular weight excluding hydrogens is 278 g/mol. The Hall–Kier alpha value is -1.54. The molecule has 108 valence electrons. The molecule has 0 amide bonds. The highest BCUT2D eigenvalue weighted by molar-refractivity contribution is 7.88. The van der Waals surface area contributed by atoms with Crippen LogP contribution in [0, 0.1) is 6.92 Å². The van der Waals surface area contributed by atoms with Crippen LogP contribution < -0.4 is 0 Å². The largest absolute Gasteiger partial charge is 0.213 e. The molecule has 1 aliphatic heterocycles. The third-order valence-corrected chi connectivity index (χ3v) is 5.01. The number of hydrogen-bond acceptors (Lipinski definition) is 5. The van der Waals surface area contributed by atoms with E-state index in [0.29, 0.717) is 13.1 Å². The van der Waals surface area contributed by atoms with Crippen LogP contribution in [-0.4, -0.2) is 51.9 Å². The zero-order valence-corrected chi connectivity index (χ0v) is 12.3. The zero-order valence-electron chi connectivity index (χ0n) is 11.5. The zero-order chi connectivity index (χ0) is 14.3. The summed E-state index contributed by atoms with van der Waals surface area (Å²) in [6.45, 7) is 2.99. The van der Waals surface area contributed by atoms with E-state index >= 15 is 0 Å². The Labute approximate surface area is 117 Å². The Morgan fingerprint density at radius 2 is 1.90 bits per heavy atom. The van der Waals surface area contributed by atoms with Crippen molar-refractivity contribution in [1.82, 2.24) is 24.1 Å². The van der Waals surface area contributed by atoms with Crippen molar-refractivity contribution < 1.29 is 8.42 Å². The Morgan fingerprint density at radius 3 is 2.55 bits per heavy atom. The fourth-order valence-corrected chi connectivity index (χ4v) is 3.47. The number of nitrogens with zero attached hydrogens (tertiary/aromatic N) is 5. The van der Waals surface area contributed by atoms with Crippen molar-refractivity contribution in [3.63, 3.8) is 0 Å². The molecule has 1 aliphatic rings. The molecule has 0 spiro atoms. The van der Waals surface area contributed by atoms with Gasteiger partial charge in [0.25, 0.3) is 0 Å². The smallest absolute Gasteiger partial charge is 0.211 e. The van der Waals surface area contributed by atoms with Crippen LogP contribution >= 0.6 is 0 Å². The number of fused-ring (bicyclic) bond motifs is 1. The second-order valence-electron chi connectivity index (χ2n) is 5.24. The van der Waals surface area contributed by atoms with Gasteiger partial charge in [0, 0.05) is 19.0 Å². The molecule has 3 heterocycles. The first kappa shape index (κ1) is 13.4. The maximum Gasteiger partial charge on any atom is 0.211 e. The molecule has 8 heteroatoms. The van der Waals surface area contributed by atoms with Crippen LogP contribution in [-0.2, 0) is 10.0 Å². The molecule has 7 nitrogen and oxygen atoms in total. The molecule has 0 aromatic carbocycles. The summed E-state index contributed by atoms with van der Waals surface area (Å²) in [4.78, 5) is 0. The van der Waals surface area contributed by atoms with Gasteiger partial charge in [-0.1, -0.05) is 0 Å². The summed E-state index contributed by atoms with van der Waals surface area (Å²) in [5.41, 5.74) is 1.64. The minimum Gasteiger partial charge on any atom is -0.213 e. The second kappa shape index (κ2) is 4.78. The van der Waals surface area contributed by atoms with E-state index in [1.54, 1.807) is 4.52 Å². The summed E-state index contributed by atoms with van der Waals surface area (Å²) in [7, 11) is -3.09. The molecule has 0 atom stereocenters. The Kier molecular flexibility index (Phi) is 3.21. The summed E-state index contributed by atoms with van der Waals surface area (Å²) >= 11 is 0. The van der Waals surface area contributed by atoms with E-state index in [1.807, 2.05) is 19.1 Å². The highest BCUT2D eigenvalue weighted by atomic mass is 32.2. The lowest BCUT2D eigenvalue weighted by Gasteiger charge is -2.29. The van der Waals surface area contributed by atoms with Crippen molar-refractivity contribution in [3.8, 4) is 0 Å². The van der Waals surface area contributed by atoms with Gasteiger partial charge in [0.2, 0.25) is 10.0 Å². The normalized spacial score (nSPS) is 18.7. The SMILES string of the molecule is Cc1ccc2nnc(C3CCN(S(C)(=O)=O)CC3)n2n1. The lowest BCUT2D eigenvalue weighted by atomic mass is 9.97. The fraction of sp³-hybridized carbons (Fsp3) is 0.583. The fourth-order valence-electron chi connectivity index (χ4n) is 2.60. The van der Waals surface area contributed by atoms with E-state index in [9.17, 15) is 8.42 Å². The standard InChI is InChI=1S/C12H17N5O2S/c1-9-3-4-11-13-14-12(17(11)15-9)10-5-7-16(8-6-10)20(2,18)19/h3-4,10H,5-8H2,1-2H3. The van der Waals surface area contributed by atoms with E-state index in [2.05, 4.69) is 15.3 Å². The average molecular weight is 295 g/mol. The molecule has 0 aliphatic carbocycles. The average Bonchev–Trinajstić information content (AvgIpc) is 2.81. The Balaban J connectivity index is 1.85. The highest BCUT2D eigenvalue weighted by Gasteiger charge is 2.28. The summed E-state index contributed by atoms with van der Waals surface area (Å²) < 4.78 is 26.3. The van der Waals surface area contributed by atoms with Gasteiger partial charge in [0.1, 0.15) is 0 Å². The lowest BCUT2D eigenvalue weighted by Crippen LogP contribution is -2.37. The van der Waals surface area contributed by atoms with Crippen LogP contribution in [0.15, 0.2) is 12.1 Å². The molecule has 0 N–H and O–H groups in total. The molecule has 0 unspecified atom stereocenters. The van der Waals surface area contributed by atoms with Crippen molar-refractivity contribution >= 4 is 15.7 Å². The third kappa shape index (κ3) is 2.40. The van der Waals surface area contributed by atoms with Crippen molar-refractivity contribution in [1.29, 1.82) is 0 Å². The highest BCUT2D eigenvalue weighted by Crippen LogP contribution is 2.27.